The van der Waals surface area contributed by atoms with Crippen molar-refractivity contribution in [2.45, 2.75) is 45.2 Å². The molecule has 0 spiro atoms. The van der Waals surface area contributed by atoms with Gasteiger partial charge in [0.25, 0.3) is 0 Å². The van der Waals surface area contributed by atoms with Gasteiger partial charge in [-0.15, -0.1) is 0 Å². The maximum Gasteiger partial charge on any atom is 0.129 e. The summed E-state index contributed by atoms with van der Waals surface area (Å²) in [5, 5.41) is 3.44. The average molecular weight is 316 g/mol. The van der Waals surface area contributed by atoms with Crippen LogP contribution in [0.2, 0.25) is 0 Å². The van der Waals surface area contributed by atoms with Gasteiger partial charge in [-0.3, -0.25) is 4.98 Å². The minimum absolute atomic E-state index is 0.224. The van der Waals surface area contributed by atoms with E-state index < -0.39 is 0 Å². The van der Waals surface area contributed by atoms with E-state index in [1.54, 1.807) is 0 Å². The van der Waals surface area contributed by atoms with Crippen LogP contribution in [0.5, 0.6) is 0 Å². The van der Waals surface area contributed by atoms with Gasteiger partial charge in [-0.2, -0.15) is 0 Å². The van der Waals surface area contributed by atoms with E-state index in [0.717, 1.165) is 48.5 Å². The lowest BCUT2D eigenvalue weighted by Crippen LogP contribution is -2.46. The van der Waals surface area contributed by atoms with E-state index in [-0.39, 0.29) is 18.3 Å². The van der Waals surface area contributed by atoms with Gasteiger partial charge in [-0.1, -0.05) is 0 Å². The number of hydrogen-bond donors (Lipinski definition) is 1. The van der Waals surface area contributed by atoms with Gasteiger partial charge in [-0.05, 0) is 57.9 Å². The zero-order chi connectivity index (χ0) is 16.4. The Labute approximate surface area is 137 Å². The molecular formula is C18H25FN4. The molecule has 5 heteroatoms. The molecule has 1 unspecified atom stereocenters. The van der Waals surface area contributed by atoms with Gasteiger partial charge in [-0.25, -0.2) is 9.37 Å². The van der Waals surface area contributed by atoms with Crippen LogP contribution in [0.1, 0.15) is 32.4 Å². The number of aromatic nitrogens is 2. The highest BCUT2D eigenvalue weighted by atomic mass is 19.1. The Hall–Kier alpha value is -1.75. The van der Waals surface area contributed by atoms with Crippen molar-refractivity contribution in [1.82, 2.24) is 15.3 Å². The van der Waals surface area contributed by atoms with E-state index in [2.05, 4.69) is 29.0 Å². The second kappa shape index (κ2) is 6.40. The molecule has 0 bridgehead atoms. The summed E-state index contributed by atoms with van der Waals surface area (Å²) in [6.45, 7) is 7.63. The van der Waals surface area contributed by atoms with Gasteiger partial charge >= 0.3 is 0 Å². The van der Waals surface area contributed by atoms with Crippen molar-refractivity contribution >= 4 is 16.9 Å². The first-order chi connectivity index (χ1) is 11.0. The SMILES string of the molecule is CCN(CC(C)NC1(CF)CC1)c1ccc2nc(C)ccc2n1. The minimum atomic E-state index is -0.275. The van der Waals surface area contributed by atoms with Crippen LogP contribution in [0, 0.1) is 6.92 Å². The highest BCUT2D eigenvalue weighted by Gasteiger charge is 2.43. The number of rotatable bonds is 7. The first-order valence-corrected chi connectivity index (χ1v) is 8.38. The molecule has 0 saturated heterocycles. The third-order valence-electron chi connectivity index (χ3n) is 4.53. The lowest BCUT2D eigenvalue weighted by atomic mass is 10.2. The molecule has 1 fully saturated rings. The predicted molar refractivity (Wildman–Crippen MR) is 92.7 cm³/mol. The lowest BCUT2D eigenvalue weighted by molar-refractivity contribution is 0.331. The van der Waals surface area contributed by atoms with Crippen LogP contribution in [0.3, 0.4) is 0 Å². The van der Waals surface area contributed by atoms with Crippen molar-refractivity contribution in [2.75, 3.05) is 24.7 Å². The van der Waals surface area contributed by atoms with Crippen LogP contribution in [0.25, 0.3) is 11.0 Å². The Morgan fingerprint density at radius 1 is 1.22 bits per heavy atom. The number of nitrogens with one attached hydrogen (secondary N) is 1. The molecule has 0 radical (unpaired) electrons. The third-order valence-corrected chi connectivity index (χ3v) is 4.53. The fourth-order valence-corrected chi connectivity index (χ4v) is 3.03. The first-order valence-electron chi connectivity index (χ1n) is 8.38. The van der Waals surface area contributed by atoms with Crippen LogP contribution in [-0.2, 0) is 0 Å². The Balaban J connectivity index is 1.73. The van der Waals surface area contributed by atoms with E-state index in [1.807, 2.05) is 31.2 Å². The Morgan fingerprint density at radius 3 is 2.57 bits per heavy atom. The van der Waals surface area contributed by atoms with Gasteiger partial charge in [0.05, 0.1) is 11.0 Å². The topological polar surface area (TPSA) is 41.0 Å². The smallest absolute Gasteiger partial charge is 0.129 e. The highest BCUT2D eigenvalue weighted by Crippen LogP contribution is 2.36. The molecule has 1 atom stereocenters. The molecule has 1 aliphatic rings. The molecule has 1 N–H and O–H groups in total. The van der Waals surface area contributed by atoms with Crippen molar-refractivity contribution < 1.29 is 4.39 Å². The van der Waals surface area contributed by atoms with E-state index in [1.165, 1.54) is 0 Å². The van der Waals surface area contributed by atoms with Crippen molar-refractivity contribution in [2.24, 2.45) is 0 Å². The van der Waals surface area contributed by atoms with Gasteiger partial charge < -0.3 is 10.2 Å². The summed E-state index contributed by atoms with van der Waals surface area (Å²) in [6.07, 6.45) is 1.89. The molecule has 124 valence electrons. The molecule has 4 nitrogen and oxygen atoms in total. The maximum absolute atomic E-state index is 13.0. The van der Waals surface area contributed by atoms with Crippen LogP contribution < -0.4 is 10.2 Å². The highest BCUT2D eigenvalue weighted by molar-refractivity contribution is 5.76. The second-order valence-electron chi connectivity index (χ2n) is 6.66. The molecule has 0 aromatic carbocycles. The third kappa shape index (κ3) is 3.61. The fourth-order valence-electron chi connectivity index (χ4n) is 3.03. The van der Waals surface area contributed by atoms with Crippen molar-refractivity contribution in [3.63, 3.8) is 0 Å². The summed E-state index contributed by atoms with van der Waals surface area (Å²) in [7, 11) is 0. The molecule has 3 rings (SSSR count). The zero-order valence-electron chi connectivity index (χ0n) is 14.1. The van der Waals surface area contributed by atoms with Crippen molar-refractivity contribution in [1.29, 1.82) is 0 Å². The van der Waals surface area contributed by atoms with E-state index in [0.29, 0.717) is 0 Å². The Morgan fingerprint density at radius 2 is 1.91 bits per heavy atom. The number of aryl methyl sites for hydroxylation is 1. The average Bonchev–Trinajstić information content (AvgIpc) is 3.32. The fraction of sp³-hybridized carbons (Fsp3) is 0.556. The van der Waals surface area contributed by atoms with Crippen molar-refractivity contribution in [3.8, 4) is 0 Å². The van der Waals surface area contributed by atoms with Crippen LogP contribution in [-0.4, -0.2) is 41.3 Å². The number of likely N-dealkylation sites (N-methyl/N-ethyl adjacent to an activating group) is 1. The summed E-state index contributed by atoms with van der Waals surface area (Å²) in [5.41, 5.74) is 2.58. The number of nitrogens with zero attached hydrogens (tertiary/aromatic N) is 3. The van der Waals surface area contributed by atoms with E-state index in [4.69, 9.17) is 4.98 Å². The number of fused-ring (bicyclic) bond motifs is 1. The summed E-state index contributed by atoms with van der Waals surface area (Å²) in [4.78, 5) is 11.5. The molecule has 1 aliphatic carbocycles. The minimum Gasteiger partial charge on any atom is -0.355 e. The molecule has 2 aromatic rings. The molecule has 23 heavy (non-hydrogen) atoms. The standard InChI is InChI=1S/C18H25FN4/c1-4-23(11-14(3)22-18(12-19)9-10-18)17-8-7-15-16(21-17)6-5-13(2)20-15/h5-8,14,22H,4,9-12H2,1-3H3. The number of alkyl halides is 1. The van der Waals surface area contributed by atoms with Gasteiger partial charge in [0, 0.05) is 30.4 Å². The summed E-state index contributed by atoms with van der Waals surface area (Å²) in [6, 6.07) is 8.26. The van der Waals surface area contributed by atoms with E-state index >= 15 is 0 Å². The Kier molecular flexibility index (Phi) is 4.48. The maximum atomic E-state index is 13.0. The molecule has 0 aliphatic heterocycles. The second-order valence-corrected chi connectivity index (χ2v) is 6.66. The quantitative estimate of drug-likeness (QED) is 0.851. The monoisotopic (exact) mass is 316 g/mol. The van der Waals surface area contributed by atoms with Crippen LogP contribution in [0.15, 0.2) is 24.3 Å². The lowest BCUT2D eigenvalue weighted by Gasteiger charge is -2.28. The van der Waals surface area contributed by atoms with Crippen LogP contribution >= 0.6 is 0 Å². The largest absolute Gasteiger partial charge is 0.355 e. The van der Waals surface area contributed by atoms with Gasteiger partial charge in [0.2, 0.25) is 0 Å². The summed E-state index contributed by atoms with van der Waals surface area (Å²) >= 11 is 0. The Bertz CT molecular complexity index is 684. The zero-order valence-corrected chi connectivity index (χ0v) is 14.1. The molecular weight excluding hydrogens is 291 g/mol. The summed E-state index contributed by atoms with van der Waals surface area (Å²) < 4.78 is 13.0. The summed E-state index contributed by atoms with van der Waals surface area (Å²) in [5.74, 6) is 0.949. The molecule has 2 heterocycles. The number of pyridine rings is 2. The van der Waals surface area contributed by atoms with E-state index in [9.17, 15) is 4.39 Å². The first kappa shape index (κ1) is 16.1. The normalized spacial score (nSPS) is 17.2. The van der Waals surface area contributed by atoms with Crippen LogP contribution in [0.4, 0.5) is 10.2 Å². The molecule has 1 saturated carbocycles. The number of anilines is 1. The molecule has 0 amide bonds. The molecule has 2 aromatic heterocycles. The number of halogens is 1. The van der Waals surface area contributed by atoms with Gasteiger partial charge in [0.15, 0.2) is 0 Å². The van der Waals surface area contributed by atoms with Crippen molar-refractivity contribution in [3.05, 3.63) is 30.0 Å². The van der Waals surface area contributed by atoms with Gasteiger partial charge in [0.1, 0.15) is 12.5 Å². The number of hydrogen-bond acceptors (Lipinski definition) is 4. The predicted octanol–water partition coefficient (Wildman–Crippen LogP) is 3.24.